The fourth-order valence-corrected chi connectivity index (χ4v) is 2.30. The highest BCUT2D eigenvalue weighted by molar-refractivity contribution is 5.88. The van der Waals surface area contributed by atoms with E-state index in [1.54, 1.807) is 0 Å². The van der Waals surface area contributed by atoms with Crippen LogP contribution in [0.5, 0.6) is 0 Å². The first kappa shape index (κ1) is 16.3. The van der Waals surface area contributed by atoms with Crippen molar-refractivity contribution >= 4 is 17.7 Å². The van der Waals surface area contributed by atoms with Crippen molar-refractivity contribution < 1.29 is 19.2 Å². The molecule has 1 aromatic rings. The molecule has 1 aromatic carbocycles. The van der Waals surface area contributed by atoms with E-state index in [1.807, 2.05) is 31.2 Å². The second-order valence-electron chi connectivity index (χ2n) is 5.40. The van der Waals surface area contributed by atoms with E-state index in [9.17, 15) is 9.59 Å². The molecule has 1 aliphatic rings. The molecule has 1 heterocycles. The van der Waals surface area contributed by atoms with Gasteiger partial charge in [-0.25, -0.2) is 9.86 Å². The molecule has 0 spiro atoms. The van der Waals surface area contributed by atoms with Crippen LogP contribution >= 0.6 is 0 Å². The summed E-state index contributed by atoms with van der Waals surface area (Å²) in [5.41, 5.74) is 1.72. The Morgan fingerprint density at radius 2 is 2.05 bits per heavy atom. The molecular formula is C16H22N2O4. The van der Waals surface area contributed by atoms with E-state index < -0.39 is 0 Å². The predicted octanol–water partition coefficient (Wildman–Crippen LogP) is 2.60. The van der Waals surface area contributed by atoms with Crippen LogP contribution in [0.3, 0.4) is 0 Å². The third kappa shape index (κ3) is 4.46. The van der Waals surface area contributed by atoms with Gasteiger partial charge < -0.3 is 10.1 Å². The second-order valence-corrected chi connectivity index (χ2v) is 5.40. The lowest BCUT2D eigenvalue weighted by atomic mass is 10.0. The molecule has 0 bridgehead atoms. The van der Waals surface area contributed by atoms with Gasteiger partial charge in [-0.1, -0.05) is 19.1 Å². The van der Waals surface area contributed by atoms with Crippen molar-refractivity contribution in [1.82, 2.24) is 5.06 Å². The Kier molecular flexibility index (Phi) is 5.77. The number of nitrogens with zero attached hydrogens (tertiary/aromatic N) is 1. The molecule has 22 heavy (non-hydrogen) atoms. The lowest BCUT2D eigenvalue weighted by Crippen LogP contribution is -2.38. The monoisotopic (exact) mass is 306 g/mol. The Balaban J connectivity index is 1.88. The average molecular weight is 306 g/mol. The maximum atomic E-state index is 12.0. The molecule has 1 fully saturated rings. The number of esters is 1. The molecule has 0 radical (unpaired) electrons. The first-order chi connectivity index (χ1) is 10.6. The number of methoxy groups -OCH3 is 1. The quantitative estimate of drug-likeness (QED) is 0.868. The van der Waals surface area contributed by atoms with E-state index >= 15 is 0 Å². The molecule has 0 unspecified atom stereocenters. The van der Waals surface area contributed by atoms with Gasteiger partial charge in [-0.05, 0) is 37.0 Å². The number of nitrogens with one attached hydrogen (secondary N) is 1. The Hall–Kier alpha value is -2.08. The molecule has 1 aliphatic heterocycles. The summed E-state index contributed by atoms with van der Waals surface area (Å²) in [5, 5.41) is 4.15. The van der Waals surface area contributed by atoms with E-state index in [1.165, 1.54) is 12.2 Å². The number of hydroxylamine groups is 2. The molecule has 2 amide bonds. The number of rotatable bonds is 4. The van der Waals surface area contributed by atoms with Gasteiger partial charge in [0, 0.05) is 5.69 Å². The molecule has 6 heteroatoms. The van der Waals surface area contributed by atoms with Gasteiger partial charge in [0.15, 0.2) is 0 Å². The summed E-state index contributed by atoms with van der Waals surface area (Å²) >= 11 is 0. The lowest BCUT2D eigenvalue weighted by Gasteiger charge is -2.25. The van der Waals surface area contributed by atoms with Crippen LogP contribution in [-0.4, -0.2) is 37.3 Å². The van der Waals surface area contributed by atoms with Crippen LogP contribution in [0.4, 0.5) is 10.5 Å². The van der Waals surface area contributed by atoms with Gasteiger partial charge in [-0.3, -0.25) is 9.63 Å². The maximum absolute atomic E-state index is 12.0. The standard InChI is InChI=1S/C16H22N2O4/c1-12(15(19)21-2)11-13-5-7-14(8-6-13)17-16(20)18-9-3-4-10-22-18/h5-8,12H,3-4,9-11H2,1-2H3,(H,17,20)/t12-/m1/s1. The van der Waals surface area contributed by atoms with Crippen molar-refractivity contribution in [3.8, 4) is 0 Å². The van der Waals surface area contributed by atoms with Gasteiger partial charge in [0.25, 0.3) is 0 Å². The smallest absolute Gasteiger partial charge is 0.345 e. The fourth-order valence-electron chi connectivity index (χ4n) is 2.30. The molecule has 6 nitrogen and oxygen atoms in total. The minimum Gasteiger partial charge on any atom is -0.469 e. The van der Waals surface area contributed by atoms with Gasteiger partial charge in [0.2, 0.25) is 0 Å². The summed E-state index contributed by atoms with van der Waals surface area (Å²) in [6, 6.07) is 7.18. The predicted molar refractivity (Wildman–Crippen MR) is 82.2 cm³/mol. The van der Waals surface area contributed by atoms with Crippen molar-refractivity contribution in [3.63, 3.8) is 0 Å². The van der Waals surface area contributed by atoms with Crippen molar-refractivity contribution in [2.75, 3.05) is 25.6 Å². The Morgan fingerprint density at radius 3 is 2.64 bits per heavy atom. The zero-order chi connectivity index (χ0) is 15.9. The van der Waals surface area contributed by atoms with Crippen LogP contribution in [0.1, 0.15) is 25.3 Å². The van der Waals surface area contributed by atoms with E-state index in [4.69, 9.17) is 9.57 Å². The van der Waals surface area contributed by atoms with Crippen molar-refractivity contribution in [3.05, 3.63) is 29.8 Å². The molecule has 1 N–H and O–H groups in total. The zero-order valence-electron chi connectivity index (χ0n) is 13.0. The van der Waals surface area contributed by atoms with Gasteiger partial charge in [-0.15, -0.1) is 0 Å². The molecule has 120 valence electrons. The number of hydrogen-bond acceptors (Lipinski definition) is 4. The van der Waals surface area contributed by atoms with E-state index in [0.29, 0.717) is 25.3 Å². The topological polar surface area (TPSA) is 67.9 Å². The first-order valence-corrected chi connectivity index (χ1v) is 7.48. The van der Waals surface area contributed by atoms with Crippen LogP contribution in [0, 0.1) is 5.92 Å². The largest absolute Gasteiger partial charge is 0.469 e. The van der Waals surface area contributed by atoms with E-state index in [0.717, 1.165) is 18.4 Å². The Bertz CT molecular complexity index is 509. The summed E-state index contributed by atoms with van der Waals surface area (Å²) < 4.78 is 4.71. The van der Waals surface area contributed by atoms with Crippen LogP contribution in [-0.2, 0) is 20.8 Å². The highest BCUT2D eigenvalue weighted by Gasteiger charge is 2.18. The van der Waals surface area contributed by atoms with Crippen molar-refractivity contribution in [2.45, 2.75) is 26.2 Å². The summed E-state index contributed by atoms with van der Waals surface area (Å²) in [6.45, 7) is 3.02. The summed E-state index contributed by atoms with van der Waals surface area (Å²) in [7, 11) is 1.39. The van der Waals surface area contributed by atoms with Crippen molar-refractivity contribution in [1.29, 1.82) is 0 Å². The molecule has 0 aromatic heterocycles. The minimum atomic E-state index is -0.254. The molecular weight excluding hydrogens is 284 g/mol. The second kappa shape index (κ2) is 7.79. The average Bonchev–Trinajstić information content (AvgIpc) is 2.56. The molecule has 1 atom stereocenters. The first-order valence-electron chi connectivity index (χ1n) is 7.48. The fraction of sp³-hybridized carbons (Fsp3) is 0.500. The molecule has 0 saturated carbocycles. The molecule has 2 rings (SSSR count). The number of anilines is 1. The van der Waals surface area contributed by atoms with E-state index in [2.05, 4.69) is 5.32 Å². The van der Waals surface area contributed by atoms with Gasteiger partial charge in [0.05, 0.1) is 26.2 Å². The number of carbonyl (C=O) groups excluding carboxylic acids is 2. The summed E-state index contributed by atoms with van der Waals surface area (Å²) in [6.07, 6.45) is 2.55. The van der Waals surface area contributed by atoms with E-state index in [-0.39, 0.29) is 17.9 Å². The summed E-state index contributed by atoms with van der Waals surface area (Å²) in [4.78, 5) is 28.7. The normalized spacial score (nSPS) is 16.0. The molecule has 1 saturated heterocycles. The highest BCUT2D eigenvalue weighted by atomic mass is 16.7. The van der Waals surface area contributed by atoms with Gasteiger partial charge in [-0.2, -0.15) is 0 Å². The number of ether oxygens (including phenoxy) is 1. The SMILES string of the molecule is COC(=O)[C@H](C)Cc1ccc(NC(=O)N2CCCCO2)cc1. The lowest BCUT2D eigenvalue weighted by molar-refractivity contribution is -0.144. The molecule has 0 aliphatic carbocycles. The van der Waals surface area contributed by atoms with Crippen LogP contribution in [0.25, 0.3) is 0 Å². The minimum absolute atomic E-state index is 0.188. The van der Waals surface area contributed by atoms with Crippen LogP contribution < -0.4 is 5.32 Å². The van der Waals surface area contributed by atoms with Gasteiger partial charge >= 0.3 is 12.0 Å². The summed E-state index contributed by atoms with van der Waals surface area (Å²) in [5.74, 6) is -0.410. The Labute approximate surface area is 130 Å². The number of carbonyl (C=O) groups is 2. The third-order valence-electron chi connectivity index (χ3n) is 3.58. The Morgan fingerprint density at radius 1 is 1.32 bits per heavy atom. The highest BCUT2D eigenvalue weighted by Crippen LogP contribution is 2.15. The van der Waals surface area contributed by atoms with Crippen molar-refractivity contribution in [2.24, 2.45) is 5.92 Å². The zero-order valence-corrected chi connectivity index (χ0v) is 13.0. The number of benzene rings is 1. The third-order valence-corrected chi connectivity index (χ3v) is 3.58. The van der Waals surface area contributed by atoms with Crippen LogP contribution in [0.2, 0.25) is 0 Å². The number of urea groups is 1. The van der Waals surface area contributed by atoms with Crippen LogP contribution in [0.15, 0.2) is 24.3 Å². The number of amides is 2. The number of hydrogen-bond donors (Lipinski definition) is 1. The maximum Gasteiger partial charge on any atom is 0.345 e. The van der Waals surface area contributed by atoms with Gasteiger partial charge in [0.1, 0.15) is 0 Å².